The predicted molar refractivity (Wildman–Crippen MR) is 33.5 cm³/mol. The molecule has 8 heteroatoms. The van der Waals surface area contributed by atoms with E-state index in [0.29, 0.717) is 0 Å². The van der Waals surface area contributed by atoms with Crippen LogP contribution in [-0.4, -0.2) is 21.9 Å². The van der Waals surface area contributed by atoms with Crippen LogP contribution in [0.5, 0.6) is 0 Å². The third-order valence-electron chi connectivity index (χ3n) is 1.20. The van der Waals surface area contributed by atoms with Gasteiger partial charge in [-0.25, -0.2) is 18.1 Å². The molecule has 3 rings (SSSR count). The van der Waals surface area contributed by atoms with E-state index in [1.165, 1.54) is 0 Å². The highest BCUT2D eigenvalue weighted by molar-refractivity contribution is 9.10. The van der Waals surface area contributed by atoms with Crippen LogP contribution in [0.3, 0.4) is 0 Å². The Morgan fingerprint density at radius 2 is 2.18 bits per heavy atom. The van der Waals surface area contributed by atoms with Crippen LogP contribution in [-0.2, 0) is 22.9 Å². The molecule has 6 nitrogen and oxygen atoms in total. The van der Waals surface area contributed by atoms with Crippen molar-refractivity contribution < 1.29 is 28.0 Å². The van der Waals surface area contributed by atoms with Crippen molar-refractivity contribution in [3.63, 3.8) is 0 Å². The van der Waals surface area contributed by atoms with Crippen LogP contribution < -0.4 is 0 Å². The largest absolute Gasteiger partial charge is 0.483 e. The number of aliphatic hydroxyl groups is 1. The van der Waals surface area contributed by atoms with Crippen molar-refractivity contribution in [1.82, 2.24) is 0 Å². The van der Waals surface area contributed by atoms with E-state index in [4.69, 9.17) is 5.11 Å². The summed E-state index contributed by atoms with van der Waals surface area (Å²) in [5.74, 6) is -0.852. The fraction of sp³-hybridized carbons (Fsp3) is 0.667. The first-order valence-electron chi connectivity index (χ1n) is 2.56. The summed E-state index contributed by atoms with van der Waals surface area (Å²) in [5, 5.41) is 9.02. The van der Waals surface area contributed by atoms with Crippen LogP contribution in [0, 0.1) is 0 Å². The van der Waals surface area contributed by atoms with E-state index in [-0.39, 0.29) is 0 Å². The summed E-state index contributed by atoms with van der Waals surface area (Å²) < 4.78 is 21.7. The van der Waals surface area contributed by atoms with Gasteiger partial charge < -0.3 is 5.11 Å². The second kappa shape index (κ2) is 1.93. The first-order valence-corrected chi connectivity index (χ1v) is 4.81. The molecule has 0 aromatic heterocycles. The van der Waals surface area contributed by atoms with Crippen molar-refractivity contribution in [3.8, 4) is 0 Å². The molecule has 0 saturated carbocycles. The summed E-state index contributed by atoms with van der Waals surface area (Å²) in [6.45, 7) is 0. The lowest BCUT2D eigenvalue weighted by Crippen LogP contribution is -2.53. The number of phosphoric acid groups is 1. The highest BCUT2D eigenvalue weighted by Gasteiger charge is 2.64. The van der Waals surface area contributed by atoms with Crippen molar-refractivity contribution in [2.24, 2.45) is 0 Å². The number of hydrogen-bond donors (Lipinski definition) is 1. The van der Waals surface area contributed by atoms with Gasteiger partial charge in [-0.2, -0.15) is 0 Å². The van der Waals surface area contributed by atoms with Crippen LogP contribution in [0.25, 0.3) is 0 Å². The SMILES string of the molecule is O=C1C2OP(=O)(O2)OC1(O)Br. The highest BCUT2D eigenvalue weighted by atomic mass is 79.9. The molecule has 3 aliphatic heterocycles. The van der Waals surface area contributed by atoms with Gasteiger partial charge in [-0.1, -0.05) is 0 Å². The molecule has 1 atom stereocenters. The topological polar surface area (TPSA) is 82.1 Å². The average Bonchev–Trinajstić information content (AvgIpc) is 1.76. The Bertz CT molecular complexity index is 263. The molecule has 1 N–H and O–H groups in total. The molecule has 1 unspecified atom stereocenters. The lowest BCUT2D eigenvalue weighted by Gasteiger charge is -2.42. The van der Waals surface area contributed by atoms with Crippen LogP contribution in [0.1, 0.15) is 0 Å². The maximum Gasteiger partial charge on any atom is 0.483 e. The predicted octanol–water partition coefficient (Wildman–Crippen LogP) is 0.108. The molecular weight excluding hydrogens is 243 g/mol. The van der Waals surface area contributed by atoms with Gasteiger partial charge in [0.2, 0.25) is 6.29 Å². The minimum atomic E-state index is -3.62. The summed E-state index contributed by atoms with van der Waals surface area (Å²) in [5.41, 5.74) is 0. The van der Waals surface area contributed by atoms with E-state index in [0.717, 1.165) is 0 Å². The molecule has 3 aliphatic rings. The normalized spacial score (nSPS) is 55.5. The van der Waals surface area contributed by atoms with Crippen molar-refractivity contribution >= 4 is 29.5 Å². The standard InChI is InChI=1S/C3H2BrO6P/c4-3(6)1(5)2-8-11(7,9-2)10-3/h2,6H. The van der Waals surface area contributed by atoms with Gasteiger partial charge >= 0.3 is 7.82 Å². The summed E-state index contributed by atoms with van der Waals surface area (Å²) in [7, 11) is -3.62. The van der Waals surface area contributed by atoms with Crippen molar-refractivity contribution in [3.05, 3.63) is 0 Å². The van der Waals surface area contributed by atoms with E-state index in [1.54, 1.807) is 0 Å². The second-order valence-electron chi connectivity index (χ2n) is 2.01. The molecule has 62 valence electrons. The number of phosphoric ester groups is 1. The Morgan fingerprint density at radius 1 is 1.64 bits per heavy atom. The monoisotopic (exact) mass is 244 g/mol. The fourth-order valence-corrected chi connectivity index (χ4v) is 2.59. The Balaban J connectivity index is 2.32. The number of fused-ring (bicyclic) bond motifs is 2. The molecule has 11 heavy (non-hydrogen) atoms. The molecule has 3 heterocycles. The number of rotatable bonds is 0. The van der Waals surface area contributed by atoms with E-state index >= 15 is 0 Å². The molecule has 2 bridgehead atoms. The Labute approximate surface area is 69.2 Å². The van der Waals surface area contributed by atoms with Gasteiger partial charge in [0, 0.05) is 0 Å². The zero-order valence-electron chi connectivity index (χ0n) is 4.89. The number of hydrogen-bond acceptors (Lipinski definition) is 6. The van der Waals surface area contributed by atoms with Crippen molar-refractivity contribution in [2.75, 3.05) is 0 Å². The van der Waals surface area contributed by atoms with Gasteiger partial charge in [0.05, 0.1) is 0 Å². The van der Waals surface area contributed by atoms with Gasteiger partial charge in [-0.3, -0.25) is 4.79 Å². The maximum absolute atomic E-state index is 10.9. The summed E-state index contributed by atoms with van der Waals surface area (Å²) in [6, 6.07) is 0. The maximum atomic E-state index is 10.9. The first-order chi connectivity index (χ1) is 4.93. The van der Waals surface area contributed by atoms with Crippen LogP contribution in [0.15, 0.2) is 0 Å². The van der Waals surface area contributed by atoms with Crippen LogP contribution in [0.4, 0.5) is 0 Å². The van der Waals surface area contributed by atoms with Gasteiger partial charge in [-0.05, 0) is 15.9 Å². The highest BCUT2D eigenvalue weighted by Crippen LogP contribution is 2.67. The number of alkyl halides is 1. The minimum absolute atomic E-state index is 0.852. The minimum Gasteiger partial charge on any atom is -0.350 e. The van der Waals surface area contributed by atoms with Gasteiger partial charge in [-0.15, -0.1) is 0 Å². The Morgan fingerprint density at radius 3 is 2.55 bits per heavy atom. The fourth-order valence-electron chi connectivity index (χ4n) is 0.720. The van der Waals surface area contributed by atoms with Crippen molar-refractivity contribution in [1.29, 1.82) is 0 Å². The van der Waals surface area contributed by atoms with E-state index < -0.39 is 24.6 Å². The molecule has 3 fully saturated rings. The van der Waals surface area contributed by atoms with E-state index in [1.807, 2.05) is 0 Å². The number of Topliss-reactive ketones (excluding diaryl/α,β-unsaturated/α-hetero) is 1. The zero-order chi connectivity index (χ0) is 8.28. The molecule has 0 amide bonds. The third kappa shape index (κ3) is 1.00. The first kappa shape index (κ1) is 7.85. The molecule has 0 aromatic carbocycles. The van der Waals surface area contributed by atoms with Gasteiger partial charge in [0.1, 0.15) is 0 Å². The molecule has 0 aromatic rings. The molecular formula is C3H2BrO6P. The summed E-state index contributed by atoms with van der Waals surface area (Å²) in [4.78, 5) is 10.8. The number of ketones is 1. The Kier molecular flexibility index (Phi) is 1.38. The second-order valence-corrected chi connectivity index (χ2v) is 4.58. The summed E-state index contributed by atoms with van der Waals surface area (Å²) >= 11 is 2.52. The average molecular weight is 245 g/mol. The van der Waals surface area contributed by atoms with Gasteiger partial charge in [0.25, 0.3) is 10.5 Å². The number of carbonyl (C=O) groups excluding carboxylic acids is 1. The number of carbonyl (C=O) groups is 1. The van der Waals surface area contributed by atoms with Crippen LogP contribution >= 0.6 is 23.8 Å². The Hall–Kier alpha value is 0.220. The van der Waals surface area contributed by atoms with E-state index in [9.17, 15) is 9.36 Å². The molecule has 0 spiro atoms. The summed E-state index contributed by atoms with van der Waals surface area (Å²) in [6.07, 6.45) is -1.26. The third-order valence-corrected chi connectivity index (χ3v) is 3.39. The molecule has 3 saturated heterocycles. The number of halogens is 1. The van der Waals surface area contributed by atoms with Gasteiger partial charge in [0.15, 0.2) is 0 Å². The van der Waals surface area contributed by atoms with Crippen LogP contribution in [0.2, 0.25) is 0 Å². The molecule has 0 aliphatic carbocycles. The van der Waals surface area contributed by atoms with Crippen molar-refractivity contribution in [2.45, 2.75) is 11.0 Å². The lowest BCUT2D eigenvalue weighted by atomic mass is 10.4. The lowest BCUT2D eigenvalue weighted by molar-refractivity contribution is -0.224. The van der Waals surface area contributed by atoms with E-state index in [2.05, 4.69) is 29.5 Å². The smallest absolute Gasteiger partial charge is 0.350 e. The quantitative estimate of drug-likeness (QED) is 0.481. The molecule has 0 radical (unpaired) electrons. The zero-order valence-corrected chi connectivity index (χ0v) is 7.37.